The molecule has 1 aliphatic rings. The molecule has 0 amide bonds. The van der Waals surface area contributed by atoms with Crippen LogP contribution in [0.1, 0.15) is 50.4 Å². The van der Waals surface area contributed by atoms with Crippen molar-refractivity contribution in [3.8, 4) is 0 Å². The molecule has 0 aliphatic heterocycles. The molecule has 1 heterocycles. The molecule has 8 heteroatoms. The van der Waals surface area contributed by atoms with Crippen LogP contribution in [0.3, 0.4) is 0 Å². The van der Waals surface area contributed by atoms with E-state index < -0.39 is 5.97 Å². The average Bonchev–Trinajstić information content (AvgIpc) is 3.41. The van der Waals surface area contributed by atoms with Crippen LogP contribution in [0, 0.1) is 0 Å². The zero-order chi connectivity index (χ0) is 18.2. The van der Waals surface area contributed by atoms with Crippen molar-refractivity contribution >= 4 is 29.5 Å². The summed E-state index contributed by atoms with van der Waals surface area (Å²) in [5.41, 5.74) is 0.345. The third kappa shape index (κ3) is 5.59. The molecule has 7 nitrogen and oxygen atoms in total. The van der Waals surface area contributed by atoms with Crippen LogP contribution >= 0.6 is 11.8 Å². The first-order valence-electron chi connectivity index (χ1n) is 8.69. The molecule has 1 aliphatic carbocycles. The molecule has 0 aromatic carbocycles. The van der Waals surface area contributed by atoms with E-state index in [1.807, 2.05) is 11.8 Å². The number of carbonyl (C=O) groups excluding carboxylic acids is 2. The predicted molar refractivity (Wildman–Crippen MR) is 96.0 cm³/mol. The van der Waals surface area contributed by atoms with Gasteiger partial charge in [-0.05, 0) is 32.4 Å². The number of thioether (sulfide) groups is 1. The third-order valence-electron chi connectivity index (χ3n) is 3.64. The zero-order valence-electron chi connectivity index (χ0n) is 15.0. The highest BCUT2D eigenvalue weighted by molar-refractivity contribution is 7.99. The summed E-state index contributed by atoms with van der Waals surface area (Å²) in [5.74, 6) is 0.705. The lowest BCUT2D eigenvalue weighted by Crippen LogP contribution is -2.31. The van der Waals surface area contributed by atoms with Gasteiger partial charge in [-0.25, -0.2) is 14.8 Å². The second-order valence-corrected chi connectivity index (χ2v) is 6.75. The Bertz CT molecular complexity index is 608. The van der Waals surface area contributed by atoms with Crippen molar-refractivity contribution in [2.24, 2.45) is 0 Å². The number of nitrogens with zero attached hydrogens (tertiary/aromatic N) is 3. The third-order valence-corrected chi connectivity index (χ3v) is 4.38. The highest BCUT2D eigenvalue weighted by Crippen LogP contribution is 2.33. The molecule has 138 valence electrons. The van der Waals surface area contributed by atoms with Gasteiger partial charge in [0.25, 0.3) is 0 Å². The molecule has 1 saturated carbocycles. The summed E-state index contributed by atoms with van der Waals surface area (Å²) in [7, 11) is 0. The lowest BCUT2D eigenvalue weighted by atomic mass is 10.2. The second-order valence-electron chi connectivity index (χ2n) is 5.52. The van der Waals surface area contributed by atoms with E-state index in [1.54, 1.807) is 13.8 Å². The molecule has 0 saturated heterocycles. The van der Waals surface area contributed by atoms with E-state index in [1.165, 1.54) is 18.0 Å². The van der Waals surface area contributed by atoms with Crippen LogP contribution in [0.25, 0.3) is 0 Å². The van der Waals surface area contributed by atoms with Crippen LogP contribution in [0.5, 0.6) is 0 Å². The molecule has 25 heavy (non-hydrogen) atoms. The summed E-state index contributed by atoms with van der Waals surface area (Å²) < 4.78 is 10.2. The van der Waals surface area contributed by atoms with Crippen molar-refractivity contribution in [1.29, 1.82) is 0 Å². The summed E-state index contributed by atoms with van der Waals surface area (Å²) in [4.78, 5) is 34.9. The Morgan fingerprint density at radius 2 is 1.96 bits per heavy atom. The predicted octanol–water partition coefficient (Wildman–Crippen LogP) is 2.69. The highest BCUT2D eigenvalue weighted by atomic mass is 32.2. The van der Waals surface area contributed by atoms with E-state index in [4.69, 9.17) is 9.47 Å². The molecule has 0 atom stereocenters. The Balaban J connectivity index is 2.27. The standard InChI is InChI=1S/C17H25N3O4S/c1-4-23-14(21)9-10-20(12-7-8-12)15-13(16(22)24-5-2)11-18-17(19-15)25-6-3/h11-12H,4-10H2,1-3H3. The van der Waals surface area contributed by atoms with Crippen molar-refractivity contribution in [2.45, 2.75) is 51.2 Å². The van der Waals surface area contributed by atoms with Gasteiger partial charge in [0.15, 0.2) is 5.16 Å². The van der Waals surface area contributed by atoms with Crippen molar-refractivity contribution in [3.63, 3.8) is 0 Å². The highest BCUT2D eigenvalue weighted by Gasteiger charge is 2.33. The fourth-order valence-electron chi connectivity index (χ4n) is 2.42. The lowest BCUT2D eigenvalue weighted by molar-refractivity contribution is -0.142. The molecular weight excluding hydrogens is 342 g/mol. The Kier molecular flexibility index (Phi) is 7.49. The monoisotopic (exact) mass is 367 g/mol. The van der Waals surface area contributed by atoms with E-state index in [0.29, 0.717) is 29.7 Å². The van der Waals surface area contributed by atoms with E-state index in [-0.39, 0.29) is 25.0 Å². The number of ether oxygens (including phenoxy) is 2. The van der Waals surface area contributed by atoms with Crippen LogP contribution in [-0.2, 0) is 14.3 Å². The first kappa shape index (κ1) is 19.5. The van der Waals surface area contributed by atoms with Crippen molar-refractivity contribution in [1.82, 2.24) is 9.97 Å². The lowest BCUT2D eigenvalue weighted by Gasteiger charge is -2.25. The maximum absolute atomic E-state index is 12.3. The van der Waals surface area contributed by atoms with Gasteiger partial charge in [0.05, 0.1) is 19.6 Å². The first-order chi connectivity index (χ1) is 12.1. The Hall–Kier alpha value is -1.83. The summed E-state index contributed by atoms with van der Waals surface area (Å²) in [6.07, 6.45) is 3.82. The molecule has 0 unspecified atom stereocenters. The van der Waals surface area contributed by atoms with E-state index in [9.17, 15) is 9.59 Å². The SMILES string of the molecule is CCOC(=O)CCN(c1nc(SCC)ncc1C(=O)OCC)C1CC1. The number of hydrogen-bond donors (Lipinski definition) is 0. The van der Waals surface area contributed by atoms with Gasteiger partial charge in [-0.15, -0.1) is 0 Å². The minimum Gasteiger partial charge on any atom is -0.466 e. The van der Waals surface area contributed by atoms with Gasteiger partial charge in [-0.1, -0.05) is 18.7 Å². The fraction of sp³-hybridized carbons (Fsp3) is 0.647. The number of carbonyl (C=O) groups is 2. The topological polar surface area (TPSA) is 81.6 Å². The molecule has 1 aromatic heterocycles. The molecule has 1 aromatic rings. The molecule has 1 fully saturated rings. The van der Waals surface area contributed by atoms with Gasteiger partial charge in [-0.3, -0.25) is 4.79 Å². The maximum atomic E-state index is 12.3. The zero-order valence-corrected chi connectivity index (χ0v) is 15.8. The van der Waals surface area contributed by atoms with Crippen molar-refractivity contribution < 1.29 is 19.1 Å². The summed E-state index contributed by atoms with van der Waals surface area (Å²) >= 11 is 1.51. The van der Waals surface area contributed by atoms with Crippen molar-refractivity contribution in [3.05, 3.63) is 11.8 Å². The average molecular weight is 367 g/mol. The normalized spacial score (nSPS) is 13.4. The van der Waals surface area contributed by atoms with Crippen LogP contribution in [0.2, 0.25) is 0 Å². The van der Waals surface area contributed by atoms with Gasteiger partial charge in [0, 0.05) is 18.8 Å². The summed E-state index contributed by atoms with van der Waals surface area (Å²) in [6.45, 7) is 6.68. The van der Waals surface area contributed by atoms with Gasteiger partial charge in [0.2, 0.25) is 0 Å². The summed E-state index contributed by atoms with van der Waals surface area (Å²) in [5, 5.41) is 0.618. The van der Waals surface area contributed by atoms with Crippen LogP contribution < -0.4 is 4.90 Å². The molecule has 2 rings (SSSR count). The molecule has 0 radical (unpaired) electrons. The van der Waals surface area contributed by atoms with E-state index >= 15 is 0 Å². The minimum atomic E-state index is -0.438. The number of aromatic nitrogens is 2. The van der Waals surface area contributed by atoms with E-state index in [0.717, 1.165) is 18.6 Å². The smallest absolute Gasteiger partial charge is 0.343 e. The van der Waals surface area contributed by atoms with Crippen molar-refractivity contribution in [2.75, 3.05) is 30.4 Å². The molecular formula is C17H25N3O4S. The second kappa shape index (κ2) is 9.60. The number of esters is 2. The largest absolute Gasteiger partial charge is 0.466 e. The Labute approximate surface area is 152 Å². The number of anilines is 1. The van der Waals surface area contributed by atoms with Crippen LogP contribution in [-0.4, -0.2) is 53.5 Å². The van der Waals surface area contributed by atoms with Crippen LogP contribution in [0.4, 0.5) is 5.82 Å². The quantitative estimate of drug-likeness (QED) is 0.355. The van der Waals surface area contributed by atoms with Gasteiger partial charge in [-0.2, -0.15) is 0 Å². The maximum Gasteiger partial charge on any atom is 0.343 e. The van der Waals surface area contributed by atoms with Crippen LogP contribution in [0.15, 0.2) is 11.4 Å². The first-order valence-corrected chi connectivity index (χ1v) is 9.68. The summed E-state index contributed by atoms with van der Waals surface area (Å²) in [6, 6.07) is 0.289. The molecule has 0 spiro atoms. The molecule has 0 bridgehead atoms. The minimum absolute atomic E-state index is 0.247. The number of rotatable bonds is 10. The fourth-order valence-corrected chi connectivity index (χ4v) is 2.96. The van der Waals surface area contributed by atoms with Gasteiger partial charge >= 0.3 is 11.9 Å². The van der Waals surface area contributed by atoms with E-state index in [2.05, 4.69) is 9.97 Å². The Morgan fingerprint density at radius 1 is 1.24 bits per heavy atom. The molecule has 0 N–H and O–H groups in total. The van der Waals surface area contributed by atoms with Gasteiger partial charge < -0.3 is 14.4 Å². The van der Waals surface area contributed by atoms with Gasteiger partial charge in [0.1, 0.15) is 11.4 Å². The Morgan fingerprint density at radius 3 is 2.56 bits per heavy atom. The number of hydrogen-bond acceptors (Lipinski definition) is 8.